The summed E-state index contributed by atoms with van der Waals surface area (Å²) in [6, 6.07) is 19.3. The second kappa shape index (κ2) is 7.34. The number of carbonyl (C=O) groups is 1. The van der Waals surface area contributed by atoms with Gasteiger partial charge in [0.15, 0.2) is 0 Å². The number of fused-ring (bicyclic) bond motifs is 1. The molecular formula is C21H13F3N2O. The Labute approximate surface area is 153 Å². The fourth-order valence-electron chi connectivity index (χ4n) is 2.64. The van der Waals surface area contributed by atoms with Crippen LogP contribution in [0.3, 0.4) is 0 Å². The predicted molar refractivity (Wildman–Crippen MR) is 97.6 cm³/mol. The number of amides is 1. The Bertz CT molecular complexity index is 1080. The average Bonchev–Trinajstić information content (AvgIpc) is 2.65. The molecule has 27 heavy (non-hydrogen) atoms. The van der Waals surface area contributed by atoms with E-state index in [0.29, 0.717) is 5.56 Å². The summed E-state index contributed by atoms with van der Waals surface area (Å²) in [6.45, 7) is 0. The van der Waals surface area contributed by atoms with Crippen LogP contribution >= 0.6 is 0 Å². The van der Waals surface area contributed by atoms with E-state index >= 15 is 0 Å². The van der Waals surface area contributed by atoms with E-state index in [1.54, 1.807) is 18.2 Å². The zero-order valence-corrected chi connectivity index (χ0v) is 13.9. The number of alkyl halides is 3. The molecule has 0 aliphatic rings. The minimum absolute atomic E-state index is 0.290. The third kappa shape index (κ3) is 4.15. The first kappa shape index (κ1) is 18.2. The largest absolute Gasteiger partial charge is 0.418 e. The van der Waals surface area contributed by atoms with Crippen LogP contribution in [0.25, 0.3) is 16.8 Å². The molecule has 3 rings (SSSR count). The van der Waals surface area contributed by atoms with Crippen molar-refractivity contribution >= 4 is 28.4 Å². The summed E-state index contributed by atoms with van der Waals surface area (Å²) in [5.74, 6) is -0.901. The van der Waals surface area contributed by atoms with Crippen molar-refractivity contribution < 1.29 is 18.0 Å². The topological polar surface area (TPSA) is 52.9 Å². The van der Waals surface area contributed by atoms with Crippen molar-refractivity contribution in [2.45, 2.75) is 6.18 Å². The lowest BCUT2D eigenvalue weighted by Crippen LogP contribution is -2.17. The molecule has 0 radical (unpaired) electrons. The zero-order valence-electron chi connectivity index (χ0n) is 13.9. The molecule has 0 heterocycles. The van der Waals surface area contributed by atoms with Crippen LogP contribution in [0.15, 0.2) is 72.3 Å². The summed E-state index contributed by atoms with van der Waals surface area (Å²) in [5, 5.41) is 13.4. The number of nitrogens with one attached hydrogen (secondary N) is 1. The highest BCUT2D eigenvalue weighted by Crippen LogP contribution is 2.34. The molecule has 3 aromatic rings. The van der Waals surface area contributed by atoms with Gasteiger partial charge < -0.3 is 5.32 Å². The maximum absolute atomic E-state index is 13.0. The average molecular weight is 366 g/mol. The monoisotopic (exact) mass is 366 g/mol. The minimum Gasteiger partial charge on any atom is -0.321 e. The Morgan fingerprint density at radius 3 is 2.33 bits per heavy atom. The van der Waals surface area contributed by atoms with Crippen molar-refractivity contribution in [2.24, 2.45) is 0 Å². The number of benzene rings is 3. The number of anilines is 1. The van der Waals surface area contributed by atoms with Crippen LogP contribution in [0.1, 0.15) is 11.1 Å². The molecule has 3 aromatic carbocycles. The van der Waals surface area contributed by atoms with E-state index in [1.165, 1.54) is 18.2 Å². The van der Waals surface area contributed by atoms with E-state index in [4.69, 9.17) is 0 Å². The Morgan fingerprint density at radius 2 is 1.63 bits per heavy atom. The number of para-hydroxylation sites is 1. The Balaban J connectivity index is 1.90. The molecule has 0 bridgehead atoms. The Hall–Kier alpha value is -3.59. The molecule has 0 atom stereocenters. The fourth-order valence-corrected chi connectivity index (χ4v) is 2.64. The fraction of sp³-hybridized carbons (Fsp3) is 0.0476. The van der Waals surface area contributed by atoms with E-state index in [2.05, 4.69) is 5.32 Å². The Kier molecular flexibility index (Phi) is 4.95. The summed E-state index contributed by atoms with van der Waals surface area (Å²) in [5.41, 5.74) is -1.05. The van der Waals surface area contributed by atoms with Crippen molar-refractivity contribution in [2.75, 3.05) is 5.32 Å². The first-order valence-corrected chi connectivity index (χ1v) is 7.96. The minimum atomic E-state index is -4.61. The number of hydrogen-bond donors (Lipinski definition) is 1. The lowest BCUT2D eigenvalue weighted by Gasteiger charge is -2.13. The molecule has 0 aromatic heterocycles. The maximum atomic E-state index is 13.0. The first-order chi connectivity index (χ1) is 12.9. The van der Waals surface area contributed by atoms with Gasteiger partial charge in [0.2, 0.25) is 0 Å². The van der Waals surface area contributed by atoms with Gasteiger partial charge in [-0.1, -0.05) is 48.5 Å². The molecule has 0 saturated carbocycles. The van der Waals surface area contributed by atoms with E-state index in [1.807, 2.05) is 30.3 Å². The van der Waals surface area contributed by atoms with Crippen molar-refractivity contribution in [1.29, 1.82) is 5.26 Å². The van der Waals surface area contributed by atoms with Gasteiger partial charge in [0, 0.05) is 0 Å². The summed E-state index contributed by atoms with van der Waals surface area (Å²) in [7, 11) is 0. The molecule has 3 nitrogen and oxygen atoms in total. The van der Waals surface area contributed by atoms with Gasteiger partial charge in [0.25, 0.3) is 5.91 Å². The van der Waals surface area contributed by atoms with Crippen molar-refractivity contribution in [1.82, 2.24) is 0 Å². The van der Waals surface area contributed by atoms with Gasteiger partial charge in [0.05, 0.1) is 11.3 Å². The van der Waals surface area contributed by atoms with Gasteiger partial charge in [-0.3, -0.25) is 4.79 Å². The van der Waals surface area contributed by atoms with E-state index in [0.717, 1.165) is 22.9 Å². The zero-order chi connectivity index (χ0) is 19.4. The second-order valence-electron chi connectivity index (χ2n) is 5.77. The molecule has 6 heteroatoms. The van der Waals surface area contributed by atoms with Crippen LogP contribution in [-0.4, -0.2) is 5.91 Å². The molecule has 0 spiro atoms. The third-order valence-electron chi connectivity index (χ3n) is 3.93. The van der Waals surface area contributed by atoms with Crippen molar-refractivity contribution in [3.05, 3.63) is 83.4 Å². The predicted octanol–water partition coefficient (Wildman–Crippen LogP) is 5.40. The third-order valence-corrected chi connectivity index (χ3v) is 3.93. The van der Waals surface area contributed by atoms with Gasteiger partial charge >= 0.3 is 6.18 Å². The number of halogens is 3. The second-order valence-corrected chi connectivity index (χ2v) is 5.77. The van der Waals surface area contributed by atoms with E-state index < -0.39 is 23.3 Å². The normalized spacial score (nSPS) is 11.9. The number of hydrogen-bond acceptors (Lipinski definition) is 2. The molecule has 134 valence electrons. The van der Waals surface area contributed by atoms with Crippen LogP contribution in [-0.2, 0) is 11.0 Å². The van der Waals surface area contributed by atoms with Crippen LogP contribution in [0.2, 0.25) is 0 Å². The first-order valence-electron chi connectivity index (χ1n) is 7.96. The number of nitriles is 1. The SMILES string of the molecule is N#C/C(=C\c1ccc2ccccc2c1)C(=O)Nc1ccccc1C(F)(F)F. The van der Waals surface area contributed by atoms with Gasteiger partial charge in [-0.15, -0.1) is 0 Å². The van der Waals surface area contributed by atoms with E-state index in [9.17, 15) is 23.2 Å². The van der Waals surface area contributed by atoms with Gasteiger partial charge in [-0.25, -0.2) is 0 Å². The summed E-state index contributed by atoms with van der Waals surface area (Å²) in [4.78, 5) is 12.3. The van der Waals surface area contributed by atoms with Crippen LogP contribution in [0, 0.1) is 11.3 Å². The van der Waals surface area contributed by atoms with Crippen molar-refractivity contribution in [3.8, 4) is 6.07 Å². The maximum Gasteiger partial charge on any atom is 0.418 e. The molecule has 0 fully saturated rings. The summed E-state index contributed by atoms with van der Waals surface area (Å²) >= 11 is 0. The highest BCUT2D eigenvalue weighted by molar-refractivity contribution is 6.10. The smallest absolute Gasteiger partial charge is 0.321 e. The van der Waals surface area contributed by atoms with Gasteiger partial charge in [-0.05, 0) is 40.6 Å². The standard InChI is InChI=1S/C21H13F3N2O/c22-21(23,24)18-7-3-4-8-19(18)26-20(27)17(13-25)12-14-9-10-15-5-1-2-6-16(15)11-14/h1-12H,(H,26,27)/b17-12+. The molecular weight excluding hydrogens is 353 g/mol. The van der Waals surface area contributed by atoms with E-state index in [-0.39, 0.29) is 5.57 Å². The number of rotatable bonds is 3. The lowest BCUT2D eigenvalue weighted by molar-refractivity contribution is -0.137. The van der Waals surface area contributed by atoms with Gasteiger partial charge in [-0.2, -0.15) is 18.4 Å². The summed E-state index contributed by atoms with van der Waals surface area (Å²) < 4.78 is 39.1. The molecule has 0 saturated heterocycles. The quantitative estimate of drug-likeness (QED) is 0.498. The van der Waals surface area contributed by atoms with Gasteiger partial charge in [0.1, 0.15) is 11.6 Å². The summed E-state index contributed by atoms with van der Waals surface area (Å²) in [6.07, 6.45) is -3.27. The van der Waals surface area contributed by atoms with Crippen LogP contribution < -0.4 is 5.32 Å². The van der Waals surface area contributed by atoms with Crippen molar-refractivity contribution in [3.63, 3.8) is 0 Å². The highest BCUT2D eigenvalue weighted by Gasteiger charge is 2.33. The molecule has 0 aliphatic carbocycles. The van der Waals surface area contributed by atoms with Crippen LogP contribution in [0.4, 0.5) is 18.9 Å². The molecule has 1 amide bonds. The van der Waals surface area contributed by atoms with Crippen LogP contribution in [0.5, 0.6) is 0 Å². The lowest BCUT2D eigenvalue weighted by atomic mass is 10.0. The highest BCUT2D eigenvalue weighted by atomic mass is 19.4. The molecule has 0 aliphatic heterocycles. The molecule has 0 unspecified atom stereocenters. The number of carbonyl (C=O) groups excluding carboxylic acids is 1. The molecule has 1 N–H and O–H groups in total. The number of nitrogens with zero attached hydrogens (tertiary/aromatic N) is 1. The Morgan fingerprint density at radius 1 is 0.963 bits per heavy atom.